The van der Waals surface area contributed by atoms with E-state index in [4.69, 9.17) is 0 Å². The minimum Gasteiger partial charge on any atom is -0.493 e. The summed E-state index contributed by atoms with van der Waals surface area (Å²) in [6.45, 7) is 0. The first kappa shape index (κ1) is 12.5. The van der Waals surface area contributed by atoms with Gasteiger partial charge in [-0.05, 0) is 12.1 Å². The number of hydrogen-bond acceptors (Lipinski definition) is 5. The van der Waals surface area contributed by atoms with E-state index in [9.17, 15) is 5.11 Å². The maximum Gasteiger partial charge on any atom is 0.218 e. The van der Waals surface area contributed by atoms with Crippen molar-refractivity contribution < 1.29 is 5.11 Å². The number of aromatic amines is 1. The van der Waals surface area contributed by atoms with Crippen molar-refractivity contribution in [3.05, 3.63) is 54.7 Å². The molecule has 0 saturated carbocycles. The summed E-state index contributed by atoms with van der Waals surface area (Å²) in [5.74, 6) is -0.00345. The lowest BCUT2D eigenvalue weighted by Crippen LogP contribution is -1.82. The molecule has 6 heteroatoms. The topological polar surface area (TPSA) is 86.5 Å². The Morgan fingerprint density at radius 1 is 0.909 bits per heavy atom. The number of rotatable bonds is 2. The smallest absolute Gasteiger partial charge is 0.218 e. The molecule has 0 aliphatic rings. The Balaban J connectivity index is 1.84. The molecular weight excluding hydrogens is 278 g/mol. The van der Waals surface area contributed by atoms with Gasteiger partial charge in [-0.1, -0.05) is 36.4 Å². The summed E-state index contributed by atoms with van der Waals surface area (Å²) in [5, 5.41) is 28.1. The molecule has 0 unspecified atom stereocenters. The molecule has 4 rings (SSSR count). The number of nitrogens with one attached hydrogen (secondary N) is 1. The molecule has 0 spiro atoms. The number of fused-ring (bicyclic) bond motifs is 2. The van der Waals surface area contributed by atoms with E-state index in [0.29, 0.717) is 11.4 Å². The predicted octanol–water partition coefficient (Wildman–Crippen LogP) is 4.23. The van der Waals surface area contributed by atoms with E-state index < -0.39 is 0 Å². The van der Waals surface area contributed by atoms with Crippen molar-refractivity contribution in [1.82, 2.24) is 15.2 Å². The van der Waals surface area contributed by atoms with Crippen LogP contribution in [0, 0.1) is 0 Å². The number of para-hydroxylation sites is 1. The molecular formula is C16H11N5O. The van der Waals surface area contributed by atoms with Crippen LogP contribution in [0.5, 0.6) is 5.88 Å². The van der Waals surface area contributed by atoms with Gasteiger partial charge in [0, 0.05) is 10.8 Å². The van der Waals surface area contributed by atoms with Crippen molar-refractivity contribution in [3.63, 3.8) is 0 Å². The maximum absolute atomic E-state index is 9.99. The van der Waals surface area contributed by atoms with Crippen LogP contribution in [0.3, 0.4) is 0 Å². The molecule has 0 aliphatic carbocycles. The summed E-state index contributed by atoms with van der Waals surface area (Å²) in [4.78, 5) is 2.87. The first-order chi connectivity index (χ1) is 10.8. The predicted molar refractivity (Wildman–Crippen MR) is 83.7 cm³/mol. The highest BCUT2D eigenvalue weighted by Crippen LogP contribution is 2.36. The van der Waals surface area contributed by atoms with E-state index in [1.54, 1.807) is 6.20 Å². The summed E-state index contributed by atoms with van der Waals surface area (Å²) in [6.07, 6.45) is 1.55. The number of aromatic nitrogens is 3. The third kappa shape index (κ3) is 1.98. The summed E-state index contributed by atoms with van der Waals surface area (Å²) < 4.78 is 0. The first-order valence-electron chi connectivity index (χ1n) is 6.75. The number of benzene rings is 2. The van der Waals surface area contributed by atoms with Crippen LogP contribution in [0.2, 0.25) is 0 Å². The van der Waals surface area contributed by atoms with Gasteiger partial charge < -0.3 is 10.1 Å². The molecule has 106 valence electrons. The van der Waals surface area contributed by atoms with Crippen LogP contribution < -0.4 is 0 Å². The minimum absolute atomic E-state index is 0.00345. The molecule has 2 N–H and O–H groups in total. The molecule has 22 heavy (non-hydrogen) atoms. The molecule has 0 fully saturated rings. The van der Waals surface area contributed by atoms with E-state index in [1.165, 1.54) is 0 Å². The molecule has 2 heterocycles. The SMILES string of the molecule is Oc1[nH]c2ccccc2c1N=Nc1cnnc2ccccc12. The molecule has 0 amide bonds. The van der Waals surface area contributed by atoms with E-state index in [0.717, 1.165) is 21.8 Å². The van der Waals surface area contributed by atoms with Crippen LogP contribution in [0.4, 0.5) is 11.4 Å². The quantitative estimate of drug-likeness (QED) is 0.541. The Kier molecular flexibility index (Phi) is 2.79. The van der Waals surface area contributed by atoms with E-state index in [1.807, 2.05) is 48.5 Å². The van der Waals surface area contributed by atoms with Gasteiger partial charge >= 0.3 is 0 Å². The van der Waals surface area contributed by atoms with Gasteiger partial charge in [0.25, 0.3) is 0 Å². The van der Waals surface area contributed by atoms with Crippen molar-refractivity contribution in [2.24, 2.45) is 10.2 Å². The second-order valence-electron chi connectivity index (χ2n) is 4.81. The zero-order valence-corrected chi connectivity index (χ0v) is 11.4. The van der Waals surface area contributed by atoms with Gasteiger partial charge in [-0.25, -0.2) is 0 Å². The monoisotopic (exact) mass is 289 g/mol. The fraction of sp³-hybridized carbons (Fsp3) is 0. The van der Waals surface area contributed by atoms with Crippen molar-refractivity contribution in [1.29, 1.82) is 0 Å². The van der Waals surface area contributed by atoms with Crippen molar-refractivity contribution in [3.8, 4) is 5.88 Å². The van der Waals surface area contributed by atoms with E-state index in [-0.39, 0.29) is 5.88 Å². The highest BCUT2D eigenvalue weighted by molar-refractivity contribution is 5.94. The molecule has 0 aliphatic heterocycles. The van der Waals surface area contributed by atoms with Crippen LogP contribution in [-0.2, 0) is 0 Å². The lowest BCUT2D eigenvalue weighted by Gasteiger charge is -1.98. The minimum atomic E-state index is -0.00345. The number of nitrogens with zero attached hydrogens (tertiary/aromatic N) is 4. The van der Waals surface area contributed by atoms with Crippen LogP contribution >= 0.6 is 0 Å². The lowest BCUT2D eigenvalue weighted by atomic mass is 10.2. The molecule has 2 aromatic heterocycles. The number of hydrogen-bond donors (Lipinski definition) is 2. The first-order valence-corrected chi connectivity index (χ1v) is 6.75. The maximum atomic E-state index is 9.99. The van der Waals surface area contributed by atoms with Crippen LogP contribution in [0.15, 0.2) is 65.0 Å². The van der Waals surface area contributed by atoms with Gasteiger partial charge in [0.1, 0.15) is 5.69 Å². The summed E-state index contributed by atoms with van der Waals surface area (Å²) in [7, 11) is 0. The van der Waals surface area contributed by atoms with Crippen molar-refractivity contribution >= 4 is 33.2 Å². The third-order valence-corrected chi connectivity index (χ3v) is 3.44. The lowest BCUT2D eigenvalue weighted by molar-refractivity contribution is 0.459. The molecule has 0 radical (unpaired) electrons. The number of azo groups is 1. The highest BCUT2D eigenvalue weighted by Gasteiger charge is 2.09. The largest absolute Gasteiger partial charge is 0.493 e. The second kappa shape index (κ2) is 4.92. The van der Waals surface area contributed by atoms with Crippen molar-refractivity contribution in [2.75, 3.05) is 0 Å². The average Bonchev–Trinajstić information content (AvgIpc) is 2.88. The average molecular weight is 289 g/mol. The molecule has 0 atom stereocenters. The van der Waals surface area contributed by atoms with Crippen LogP contribution in [0.1, 0.15) is 0 Å². The standard InChI is InChI=1S/C16H11N5O/c22-16-15(11-6-2-3-7-12(11)18-16)21-20-14-9-17-19-13-8-4-1-5-10(13)14/h1-9,18,22H. The fourth-order valence-electron chi connectivity index (χ4n) is 2.39. The molecule has 2 aromatic carbocycles. The van der Waals surface area contributed by atoms with Gasteiger partial charge in [0.05, 0.1) is 17.2 Å². The van der Waals surface area contributed by atoms with E-state index in [2.05, 4.69) is 25.4 Å². The van der Waals surface area contributed by atoms with Gasteiger partial charge in [0.15, 0.2) is 5.69 Å². The van der Waals surface area contributed by atoms with Crippen LogP contribution in [-0.4, -0.2) is 20.3 Å². The second-order valence-corrected chi connectivity index (χ2v) is 4.81. The Labute approximate surface area is 125 Å². The van der Waals surface area contributed by atoms with Gasteiger partial charge in [0.2, 0.25) is 5.88 Å². The van der Waals surface area contributed by atoms with Gasteiger partial charge in [-0.3, -0.25) is 0 Å². The third-order valence-electron chi connectivity index (χ3n) is 3.44. The zero-order chi connectivity index (χ0) is 14.9. The van der Waals surface area contributed by atoms with Crippen molar-refractivity contribution in [2.45, 2.75) is 0 Å². The molecule has 0 bridgehead atoms. The highest BCUT2D eigenvalue weighted by atomic mass is 16.3. The fourth-order valence-corrected chi connectivity index (χ4v) is 2.39. The molecule has 0 saturated heterocycles. The Hall–Kier alpha value is -3.28. The zero-order valence-electron chi connectivity index (χ0n) is 11.4. The Bertz CT molecular complexity index is 1000. The summed E-state index contributed by atoms with van der Waals surface area (Å²) in [6, 6.07) is 15.1. The normalized spacial score (nSPS) is 11.6. The Morgan fingerprint density at radius 2 is 1.68 bits per heavy atom. The number of H-pyrrole nitrogens is 1. The number of aromatic hydroxyl groups is 1. The summed E-state index contributed by atoms with van der Waals surface area (Å²) >= 11 is 0. The Morgan fingerprint density at radius 3 is 2.59 bits per heavy atom. The van der Waals surface area contributed by atoms with E-state index >= 15 is 0 Å². The van der Waals surface area contributed by atoms with Crippen LogP contribution in [0.25, 0.3) is 21.8 Å². The van der Waals surface area contributed by atoms with Gasteiger partial charge in [-0.2, -0.15) is 10.2 Å². The molecule has 4 aromatic rings. The summed E-state index contributed by atoms with van der Waals surface area (Å²) in [5.41, 5.74) is 2.58. The molecule has 6 nitrogen and oxygen atoms in total. The van der Waals surface area contributed by atoms with Gasteiger partial charge in [-0.15, -0.1) is 10.2 Å².